The molecule has 0 aromatic heterocycles. The maximum absolute atomic E-state index is 14.8. The van der Waals surface area contributed by atoms with Gasteiger partial charge in [-0.1, -0.05) is 0 Å². The lowest BCUT2D eigenvalue weighted by Crippen LogP contribution is -2.35. The largest absolute Gasteiger partial charge is 0.508 e. The van der Waals surface area contributed by atoms with Crippen molar-refractivity contribution in [3.8, 4) is 11.5 Å². The van der Waals surface area contributed by atoms with Crippen molar-refractivity contribution in [2.24, 2.45) is 5.92 Å². The molecule has 6 heteroatoms. The molecule has 1 saturated heterocycles. The van der Waals surface area contributed by atoms with E-state index in [0.29, 0.717) is 25.9 Å². The van der Waals surface area contributed by atoms with E-state index in [4.69, 9.17) is 4.74 Å². The number of phenolic OH excluding ortho intramolecular Hbond substituents is 1. The Labute approximate surface area is 144 Å². The maximum Gasteiger partial charge on any atom is 0.200 e. The molecular formula is C19H20F3NO2. The highest BCUT2D eigenvalue weighted by Gasteiger charge is 2.31. The summed E-state index contributed by atoms with van der Waals surface area (Å²) in [6.45, 7) is 1.24. The molecule has 1 unspecified atom stereocenters. The maximum atomic E-state index is 14.8. The van der Waals surface area contributed by atoms with Crippen LogP contribution in [0.1, 0.15) is 24.6 Å². The number of methoxy groups -OCH3 is 1. The molecule has 1 fully saturated rings. The number of aromatic hydroxyl groups is 1. The minimum Gasteiger partial charge on any atom is -0.508 e. The summed E-state index contributed by atoms with van der Waals surface area (Å²) in [4.78, 5) is 2.09. The Morgan fingerprint density at radius 1 is 1.04 bits per heavy atom. The summed E-state index contributed by atoms with van der Waals surface area (Å²) in [5.74, 6) is -2.72. The second-order valence-electron chi connectivity index (χ2n) is 6.23. The van der Waals surface area contributed by atoms with E-state index in [-0.39, 0.29) is 23.0 Å². The van der Waals surface area contributed by atoms with Crippen molar-refractivity contribution in [1.82, 2.24) is 0 Å². The number of ether oxygens (including phenoxy) is 1. The van der Waals surface area contributed by atoms with Crippen LogP contribution in [0.3, 0.4) is 0 Å². The van der Waals surface area contributed by atoms with Gasteiger partial charge in [-0.15, -0.1) is 0 Å². The molecule has 0 spiro atoms. The molecule has 2 aromatic carbocycles. The van der Waals surface area contributed by atoms with Crippen molar-refractivity contribution in [2.45, 2.75) is 19.0 Å². The third-order valence-electron chi connectivity index (χ3n) is 4.76. The number of nitrogens with zero attached hydrogens (tertiary/aromatic N) is 1. The molecule has 0 amide bonds. The Hall–Kier alpha value is -2.37. The van der Waals surface area contributed by atoms with Crippen molar-refractivity contribution in [2.75, 3.05) is 25.1 Å². The summed E-state index contributed by atoms with van der Waals surface area (Å²) in [6, 6.07) is 9.34. The zero-order chi connectivity index (χ0) is 18.0. The average molecular weight is 351 g/mol. The van der Waals surface area contributed by atoms with E-state index in [1.807, 2.05) is 0 Å². The van der Waals surface area contributed by atoms with E-state index in [2.05, 4.69) is 4.90 Å². The molecule has 0 radical (unpaired) electrons. The summed E-state index contributed by atoms with van der Waals surface area (Å²) in [7, 11) is 1.24. The van der Waals surface area contributed by atoms with Gasteiger partial charge in [0.1, 0.15) is 11.9 Å². The van der Waals surface area contributed by atoms with Crippen LogP contribution in [0.25, 0.3) is 0 Å². The highest BCUT2D eigenvalue weighted by atomic mass is 19.2. The predicted octanol–water partition coefficient (Wildman–Crippen LogP) is 4.61. The van der Waals surface area contributed by atoms with Gasteiger partial charge in [0.15, 0.2) is 11.6 Å². The smallest absolute Gasteiger partial charge is 0.200 e. The van der Waals surface area contributed by atoms with Gasteiger partial charge in [-0.05, 0) is 55.2 Å². The number of benzene rings is 2. The molecule has 3 nitrogen and oxygen atoms in total. The number of halogens is 3. The quantitative estimate of drug-likeness (QED) is 0.873. The van der Waals surface area contributed by atoms with Crippen LogP contribution in [0, 0.1) is 17.6 Å². The van der Waals surface area contributed by atoms with Crippen molar-refractivity contribution < 1.29 is 23.0 Å². The lowest BCUT2D eigenvalue weighted by Gasteiger charge is -2.35. The molecule has 1 aliphatic rings. The van der Waals surface area contributed by atoms with Gasteiger partial charge in [0.2, 0.25) is 5.82 Å². The van der Waals surface area contributed by atoms with E-state index >= 15 is 0 Å². The molecule has 134 valence electrons. The highest BCUT2D eigenvalue weighted by Crippen LogP contribution is 2.38. The van der Waals surface area contributed by atoms with Gasteiger partial charge in [-0.25, -0.2) is 8.78 Å². The summed E-state index contributed by atoms with van der Waals surface area (Å²) in [5, 5.41) is 9.34. The summed E-state index contributed by atoms with van der Waals surface area (Å²) < 4.78 is 47.4. The van der Waals surface area contributed by atoms with Crippen molar-refractivity contribution in [3.05, 3.63) is 53.6 Å². The Kier molecular flexibility index (Phi) is 5.06. The molecule has 0 saturated carbocycles. The molecule has 3 rings (SSSR count). The fourth-order valence-corrected chi connectivity index (χ4v) is 3.29. The second kappa shape index (κ2) is 7.25. The number of hydrogen-bond donors (Lipinski definition) is 1. The van der Waals surface area contributed by atoms with Gasteiger partial charge in [-0.3, -0.25) is 0 Å². The van der Waals surface area contributed by atoms with Gasteiger partial charge in [0, 0.05) is 24.3 Å². The topological polar surface area (TPSA) is 32.7 Å². The van der Waals surface area contributed by atoms with Crippen LogP contribution >= 0.6 is 0 Å². The fourth-order valence-electron chi connectivity index (χ4n) is 3.29. The number of alkyl halides is 1. The Balaban J connectivity index is 1.68. The summed E-state index contributed by atoms with van der Waals surface area (Å²) in [6.07, 6.45) is -0.480. The Morgan fingerprint density at radius 3 is 2.28 bits per heavy atom. The third-order valence-corrected chi connectivity index (χ3v) is 4.76. The first-order chi connectivity index (χ1) is 12.0. The number of phenols is 1. The van der Waals surface area contributed by atoms with Crippen LogP contribution < -0.4 is 9.64 Å². The second-order valence-corrected chi connectivity index (χ2v) is 6.23. The molecule has 0 bridgehead atoms. The SMILES string of the molecule is COc1ccc(C(F)C2CCN(c3ccc(O)cc3)CC2)c(F)c1F. The Morgan fingerprint density at radius 2 is 1.68 bits per heavy atom. The van der Waals surface area contributed by atoms with E-state index in [0.717, 1.165) is 5.69 Å². The van der Waals surface area contributed by atoms with Crippen LogP contribution in [0.2, 0.25) is 0 Å². The molecule has 1 N–H and O–H groups in total. The normalized spacial score (nSPS) is 16.7. The third kappa shape index (κ3) is 3.52. The van der Waals surface area contributed by atoms with Crippen molar-refractivity contribution in [3.63, 3.8) is 0 Å². The zero-order valence-electron chi connectivity index (χ0n) is 13.9. The van der Waals surface area contributed by atoms with Gasteiger partial charge >= 0.3 is 0 Å². The molecule has 2 aromatic rings. The van der Waals surface area contributed by atoms with E-state index in [1.165, 1.54) is 19.2 Å². The van der Waals surface area contributed by atoms with Crippen molar-refractivity contribution in [1.29, 1.82) is 0 Å². The zero-order valence-corrected chi connectivity index (χ0v) is 13.9. The van der Waals surface area contributed by atoms with E-state index in [1.54, 1.807) is 24.3 Å². The molecular weight excluding hydrogens is 331 g/mol. The first kappa shape index (κ1) is 17.5. The highest BCUT2D eigenvalue weighted by molar-refractivity contribution is 5.49. The predicted molar refractivity (Wildman–Crippen MR) is 89.8 cm³/mol. The minimum absolute atomic E-state index is 0.194. The minimum atomic E-state index is -1.55. The van der Waals surface area contributed by atoms with E-state index in [9.17, 15) is 18.3 Å². The van der Waals surface area contributed by atoms with Gasteiger partial charge < -0.3 is 14.7 Å². The first-order valence-electron chi connectivity index (χ1n) is 8.21. The van der Waals surface area contributed by atoms with Crippen molar-refractivity contribution >= 4 is 5.69 Å². The number of hydrogen-bond acceptors (Lipinski definition) is 3. The van der Waals surface area contributed by atoms with Crippen LogP contribution in [-0.2, 0) is 0 Å². The summed E-state index contributed by atoms with van der Waals surface area (Å²) >= 11 is 0. The number of piperidine rings is 1. The first-order valence-corrected chi connectivity index (χ1v) is 8.21. The molecule has 1 heterocycles. The molecule has 0 aliphatic carbocycles. The fraction of sp³-hybridized carbons (Fsp3) is 0.368. The number of rotatable bonds is 4. The summed E-state index contributed by atoms with van der Waals surface area (Å²) in [5.41, 5.74) is 0.703. The molecule has 1 aliphatic heterocycles. The standard InChI is InChI=1S/C19H20F3NO2/c1-25-16-7-6-15(18(21)19(16)22)17(20)12-8-10-23(11-9-12)13-2-4-14(24)5-3-13/h2-7,12,17,24H,8-11H2,1H3. The molecule has 25 heavy (non-hydrogen) atoms. The van der Waals surface area contributed by atoms with Crippen LogP contribution in [0.4, 0.5) is 18.9 Å². The molecule has 1 atom stereocenters. The monoisotopic (exact) mass is 351 g/mol. The van der Waals surface area contributed by atoms with Crippen LogP contribution in [0.5, 0.6) is 11.5 Å². The van der Waals surface area contributed by atoms with Gasteiger partial charge in [-0.2, -0.15) is 4.39 Å². The number of anilines is 1. The van der Waals surface area contributed by atoms with Gasteiger partial charge in [0.05, 0.1) is 7.11 Å². The van der Waals surface area contributed by atoms with Gasteiger partial charge in [0.25, 0.3) is 0 Å². The van der Waals surface area contributed by atoms with E-state index < -0.39 is 17.8 Å². The average Bonchev–Trinajstić information content (AvgIpc) is 2.64. The lowest BCUT2D eigenvalue weighted by molar-refractivity contribution is 0.192. The lowest BCUT2D eigenvalue weighted by atomic mass is 9.88. The van der Waals surface area contributed by atoms with Crippen LogP contribution in [0.15, 0.2) is 36.4 Å². The van der Waals surface area contributed by atoms with Crippen LogP contribution in [-0.4, -0.2) is 25.3 Å². The Bertz CT molecular complexity index is 728.